The predicted octanol–water partition coefficient (Wildman–Crippen LogP) is 6.60. The van der Waals surface area contributed by atoms with Gasteiger partial charge < -0.3 is 9.40 Å². The van der Waals surface area contributed by atoms with E-state index in [-0.39, 0.29) is 5.17 Å². The fraction of sp³-hybridized carbons (Fsp3) is 0. The second kappa shape index (κ2) is 6.01. The standard InChI is InChI=1S/C17H8Cl4N2O/c18-9-6-11(22-16(9)20)15(12-7-10(19)17(21)23-12)14-5-8-3-1-2-4-13(8)24-14/h1-7,22H. The zero-order valence-corrected chi connectivity index (χ0v) is 14.9. The number of nitrogens with one attached hydrogen (secondary N) is 1. The summed E-state index contributed by atoms with van der Waals surface area (Å²) in [6.07, 6.45) is 1.68. The molecule has 0 bridgehead atoms. The van der Waals surface area contributed by atoms with Crippen molar-refractivity contribution >= 4 is 68.1 Å². The monoisotopic (exact) mass is 396 g/mol. The van der Waals surface area contributed by atoms with Crippen molar-refractivity contribution in [1.29, 1.82) is 0 Å². The molecule has 3 aromatic rings. The largest absolute Gasteiger partial charge is 0.456 e. The average Bonchev–Trinajstić information content (AvgIpc) is 3.20. The Morgan fingerprint density at radius 2 is 1.83 bits per heavy atom. The molecule has 24 heavy (non-hydrogen) atoms. The molecule has 7 heteroatoms. The summed E-state index contributed by atoms with van der Waals surface area (Å²) in [6.45, 7) is 0. The number of aromatic amines is 1. The van der Waals surface area contributed by atoms with E-state index in [9.17, 15) is 0 Å². The Balaban J connectivity index is 1.99. The number of allylic oxidation sites excluding steroid dienone is 2. The summed E-state index contributed by atoms with van der Waals surface area (Å²) in [5.74, 6) is 0.608. The molecule has 0 aliphatic carbocycles. The third-order valence-electron chi connectivity index (χ3n) is 3.60. The lowest BCUT2D eigenvalue weighted by Gasteiger charge is -2.04. The van der Waals surface area contributed by atoms with E-state index in [1.807, 2.05) is 30.3 Å². The second-order valence-corrected chi connectivity index (χ2v) is 6.70. The van der Waals surface area contributed by atoms with Crippen LogP contribution in [-0.2, 0) is 0 Å². The van der Waals surface area contributed by atoms with Gasteiger partial charge in [0.1, 0.15) is 21.7 Å². The smallest absolute Gasteiger partial charge is 0.148 e. The van der Waals surface area contributed by atoms with E-state index in [2.05, 4.69) is 9.98 Å². The van der Waals surface area contributed by atoms with Gasteiger partial charge in [-0.1, -0.05) is 64.6 Å². The van der Waals surface area contributed by atoms with Gasteiger partial charge in [-0.05, 0) is 24.3 Å². The summed E-state index contributed by atoms with van der Waals surface area (Å²) in [7, 11) is 0. The van der Waals surface area contributed by atoms with Gasteiger partial charge in [-0.25, -0.2) is 4.99 Å². The normalized spacial score (nSPS) is 16.5. The maximum absolute atomic E-state index is 6.08. The number of aromatic nitrogens is 1. The van der Waals surface area contributed by atoms with Crippen LogP contribution in [0.25, 0.3) is 16.5 Å². The number of hydrogen-bond donors (Lipinski definition) is 1. The maximum atomic E-state index is 6.08. The lowest BCUT2D eigenvalue weighted by Crippen LogP contribution is -1.90. The minimum Gasteiger partial charge on any atom is -0.456 e. The van der Waals surface area contributed by atoms with Crippen molar-refractivity contribution in [2.24, 2.45) is 4.99 Å². The van der Waals surface area contributed by atoms with E-state index in [0.29, 0.717) is 37.9 Å². The Kier molecular flexibility index (Phi) is 3.97. The highest BCUT2D eigenvalue weighted by Crippen LogP contribution is 2.37. The van der Waals surface area contributed by atoms with E-state index in [1.54, 1.807) is 12.1 Å². The first-order valence-corrected chi connectivity index (χ1v) is 8.43. The summed E-state index contributed by atoms with van der Waals surface area (Å²) in [5, 5.41) is 2.30. The van der Waals surface area contributed by atoms with Crippen molar-refractivity contribution < 1.29 is 4.42 Å². The number of rotatable bonds is 2. The van der Waals surface area contributed by atoms with Gasteiger partial charge in [0.15, 0.2) is 0 Å². The highest BCUT2D eigenvalue weighted by atomic mass is 35.5. The van der Waals surface area contributed by atoms with Gasteiger partial charge in [0.25, 0.3) is 0 Å². The van der Waals surface area contributed by atoms with E-state index in [0.717, 1.165) is 11.0 Å². The Morgan fingerprint density at radius 1 is 1.04 bits per heavy atom. The van der Waals surface area contributed by atoms with Crippen LogP contribution in [0.1, 0.15) is 11.5 Å². The van der Waals surface area contributed by atoms with Crippen LogP contribution in [0.3, 0.4) is 0 Å². The molecule has 120 valence electrons. The highest BCUT2D eigenvalue weighted by Gasteiger charge is 2.22. The fourth-order valence-corrected chi connectivity index (χ4v) is 3.14. The number of nitrogens with zero attached hydrogens (tertiary/aromatic N) is 1. The zero-order chi connectivity index (χ0) is 16.8. The summed E-state index contributed by atoms with van der Waals surface area (Å²) >= 11 is 24.2. The van der Waals surface area contributed by atoms with Gasteiger partial charge in [0.05, 0.1) is 27.0 Å². The first kappa shape index (κ1) is 15.9. The minimum absolute atomic E-state index is 0.226. The van der Waals surface area contributed by atoms with Crippen molar-refractivity contribution in [3.05, 3.63) is 74.8 Å². The number of fused-ring (bicyclic) bond motifs is 1. The van der Waals surface area contributed by atoms with Crippen molar-refractivity contribution in [2.75, 3.05) is 0 Å². The number of para-hydroxylation sites is 1. The minimum atomic E-state index is 0.226. The van der Waals surface area contributed by atoms with Crippen LogP contribution in [0.4, 0.5) is 0 Å². The summed E-state index contributed by atoms with van der Waals surface area (Å²) in [5.41, 5.74) is 2.67. The van der Waals surface area contributed by atoms with Crippen molar-refractivity contribution in [3.63, 3.8) is 0 Å². The van der Waals surface area contributed by atoms with Crippen LogP contribution in [0.5, 0.6) is 0 Å². The molecular formula is C17H8Cl4N2O. The van der Waals surface area contributed by atoms with Crippen molar-refractivity contribution in [2.45, 2.75) is 0 Å². The summed E-state index contributed by atoms with van der Waals surface area (Å²) in [4.78, 5) is 7.33. The number of benzene rings is 1. The Labute approximate surface area is 157 Å². The highest BCUT2D eigenvalue weighted by molar-refractivity contribution is 6.76. The Morgan fingerprint density at radius 3 is 2.46 bits per heavy atom. The molecule has 4 rings (SSSR count). The molecule has 1 aliphatic rings. The zero-order valence-electron chi connectivity index (χ0n) is 11.9. The van der Waals surface area contributed by atoms with E-state index >= 15 is 0 Å². The number of halogens is 4. The molecule has 0 atom stereocenters. The van der Waals surface area contributed by atoms with Crippen LogP contribution >= 0.6 is 46.4 Å². The van der Waals surface area contributed by atoms with Crippen LogP contribution < -0.4 is 0 Å². The molecule has 0 saturated carbocycles. The number of hydrogen-bond acceptors (Lipinski definition) is 2. The number of aliphatic imine (C=N–C) groups is 1. The molecule has 1 N–H and O–H groups in total. The first-order valence-electron chi connectivity index (χ1n) is 6.92. The molecule has 0 spiro atoms. The SMILES string of the molecule is ClC1=CC(=C(c2cc(Cl)c(Cl)[nH]2)c2cc3ccccc3o2)N=C1Cl. The first-order chi connectivity index (χ1) is 11.5. The van der Waals surface area contributed by atoms with Gasteiger partial charge >= 0.3 is 0 Å². The quantitative estimate of drug-likeness (QED) is 0.519. The number of furan rings is 1. The van der Waals surface area contributed by atoms with Crippen molar-refractivity contribution in [1.82, 2.24) is 4.98 Å². The van der Waals surface area contributed by atoms with Crippen LogP contribution in [-0.4, -0.2) is 10.2 Å². The number of H-pyrrole nitrogens is 1. The van der Waals surface area contributed by atoms with Crippen LogP contribution in [0, 0.1) is 0 Å². The van der Waals surface area contributed by atoms with E-state index < -0.39 is 0 Å². The van der Waals surface area contributed by atoms with E-state index in [1.165, 1.54) is 0 Å². The molecule has 1 aliphatic heterocycles. The van der Waals surface area contributed by atoms with Crippen molar-refractivity contribution in [3.8, 4) is 0 Å². The van der Waals surface area contributed by atoms with Gasteiger partial charge in [-0.15, -0.1) is 0 Å². The molecule has 0 unspecified atom stereocenters. The molecule has 0 fully saturated rings. The average molecular weight is 398 g/mol. The molecule has 3 nitrogen and oxygen atoms in total. The summed E-state index contributed by atoms with van der Waals surface area (Å²) in [6, 6.07) is 11.3. The molecule has 0 saturated heterocycles. The molecule has 2 aromatic heterocycles. The van der Waals surface area contributed by atoms with E-state index in [4.69, 9.17) is 50.8 Å². The fourth-order valence-electron chi connectivity index (χ4n) is 2.54. The maximum Gasteiger partial charge on any atom is 0.148 e. The molecule has 1 aromatic carbocycles. The van der Waals surface area contributed by atoms with Gasteiger partial charge in [-0.3, -0.25) is 0 Å². The molecule has 0 radical (unpaired) electrons. The van der Waals surface area contributed by atoms with Gasteiger partial charge in [-0.2, -0.15) is 0 Å². The third kappa shape index (κ3) is 2.68. The second-order valence-electron chi connectivity index (χ2n) is 5.15. The topological polar surface area (TPSA) is 41.3 Å². The van der Waals surface area contributed by atoms with Gasteiger partial charge in [0, 0.05) is 5.39 Å². The third-order valence-corrected chi connectivity index (χ3v) is 4.97. The Bertz CT molecular complexity index is 983. The van der Waals surface area contributed by atoms with Crippen LogP contribution in [0.2, 0.25) is 10.2 Å². The lowest BCUT2D eigenvalue weighted by molar-refractivity contribution is 0.599. The summed E-state index contributed by atoms with van der Waals surface area (Å²) < 4.78 is 5.97. The predicted molar refractivity (Wildman–Crippen MR) is 100 cm³/mol. The van der Waals surface area contributed by atoms with Crippen LogP contribution in [0.15, 0.2) is 62.6 Å². The van der Waals surface area contributed by atoms with Gasteiger partial charge in [0.2, 0.25) is 0 Å². The lowest BCUT2D eigenvalue weighted by atomic mass is 10.1. The molecular weight excluding hydrogens is 390 g/mol. The molecule has 0 amide bonds. The molecule has 3 heterocycles. The Hall–Kier alpha value is -1.65.